The van der Waals surface area contributed by atoms with E-state index in [1.165, 1.54) is 35.6 Å². The van der Waals surface area contributed by atoms with Crippen LogP contribution in [0.3, 0.4) is 0 Å². The second kappa shape index (κ2) is 8.27. The van der Waals surface area contributed by atoms with E-state index in [1.54, 1.807) is 12.1 Å². The molecule has 0 aliphatic carbocycles. The number of benzene rings is 3. The molecule has 0 aromatic heterocycles. The predicted molar refractivity (Wildman–Crippen MR) is 111 cm³/mol. The standard InChI is InChI=1S/C22H22N2O3S/c1-17-8-12-20(13-9-17)24(16-18-6-4-3-5-7-18)28(26,27)21-14-10-19(11-15-21)22(25)23-2/h3-15H,16H2,1-2H3,(H,23,25). The first-order valence-corrected chi connectivity index (χ1v) is 10.3. The van der Waals surface area contributed by atoms with Crippen LogP contribution < -0.4 is 9.62 Å². The molecule has 28 heavy (non-hydrogen) atoms. The van der Waals surface area contributed by atoms with Crippen LogP contribution in [-0.2, 0) is 16.6 Å². The van der Waals surface area contributed by atoms with Crippen LogP contribution in [0, 0.1) is 6.92 Å². The molecule has 0 saturated heterocycles. The molecule has 0 aliphatic rings. The maximum Gasteiger partial charge on any atom is 0.264 e. The highest BCUT2D eigenvalue weighted by molar-refractivity contribution is 7.92. The maximum atomic E-state index is 13.4. The Kier molecular flexibility index (Phi) is 5.80. The molecule has 5 nitrogen and oxygen atoms in total. The highest BCUT2D eigenvalue weighted by atomic mass is 32.2. The molecule has 0 radical (unpaired) electrons. The maximum absolute atomic E-state index is 13.4. The van der Waals surface area contributed by atoms with Crippen LogP contribution in [-0.4, -0.2) is 21.4 Å². The van der Waals surface area contributed by atoms with Crippen molar-refractivity contribution in [2.45, 2.75) is 18.4 Å². The Morgan fingerprint density at radius 3 is 2.07 bits per heavy atom. The molecule has 3 aromatic rings. The van der Waals surface area contributed by atoms with Crippen molar-refractivity contribution in [2.24, 2.45) is 0 Å². The molecule has 0 bridgehead atoms. The van der Waals surface area contributed by atoms with E-state index in [4.69, 9.17) is 0 Å². The molecule has 3 aromatic carbocycles. The lowest BCUT2D eigenvalue weighted by Gasteiger charge is -2.25. The van der Waals surface area contributed by atoms with Gasteiger partial charge in [0, 0.05) is 12.6 Å². The Labute approximate surface area is 165 Å². The molecular formula is C22H22N2O3S. The van der Waals surface area contributed by atoms with Crippen molar-refractivity contribution in [3.8, 4) is 0 Å². The van der Waals surface area contributed by atoms with Crippen molar-refractivity contribution < 1.29 is 13.2 Å². The minimum atomic E-state index is -3.81. The van der Waals surface area contributed by atoms with E-state index in [0.717, 1.165) is 11.1 Å². The smallest absolute Gasteiger partial charge is 0.264 e. The minimum Gasteiger partial charge on any atom is -0.355 e. The number of nitrogens with zero attached hydrogens (tertiary/aromatic N) is 1. The molecule has 3 rings (SSSR count). The summed E-state index contributed by atoms with van der Waals surface area (Å²) in [6, 6.07) is 22.8. The molecule has 144 valence electrons. The van der Waals surface area contributed by atoms with Gasteiger partial charge >= 0.3 is 0 Å². The molecule has 0 atom stereocenters. The molecule has 6 heteroatoms. The number of anilines is 1. The van der Waals surface area contributed by atoms with E-state index >= 15 is 0 Å². The van der Waals surface area contributed by atoms with Gasteiger partial charge in [-0.15, -0.1) is 0 Å². The average Bonchev–Trinajstić information content (AvgIpc) is 2.73. The Morgan fingerprint density at radius 1 is 0.893 bits per heavy atom. The Bertz CT molecular complexity index is 1050. The molecule has 0 fully saturated rings. The monoisotopic (exact) mass is 394 g/mol. The highest BCUT2D eigenvalue weighted by Crippen LogP contribution is 2.26. The second-order valence-corrected chi connectivity index (χ2v) is 8.30. The number of carbonyl (C=O) groups excluding carboxylic acids is 1. The first-order valence-electron chi connectivity index (χ1n) is 8.87. The largest absolute Gasteiger partial charge is 0.355 e. The third-order valence-electron chi connectivity index (χ3n) is 4.42. The van der Waals surface area contributed by atoms with E-state index in [9.17, 15) is 13.2 Å². The van der Waals surface area contributed by atoms with Crippen molar-refractivity contribution in [3.63, 3.8) is 0 Å². The third kappa shape index (κ3) is 4.23. The van der Waals surface area contributed by atoms with Crippen molar-refractivity contribution in [3.05, 3.63) is 95.6 Å². The summed E-state index contributed by atoms with van der Waals surface area (Å²) >= 11 is 0. The molecule has 1 amide bonds. The van der Waals surface area contributed by atoms with Gasteiger partial charge in [0.2, 0.25) is 0 Å². The number of nitrogens with one attached hydrogen (secondary N) is 1. The summed E-state index contributed by atoms with van der Waals surface area (Å²) in [5.41, 5.74) is 2.93. The Balaban J connectivity index is 2.02. The lowest BCUT2D eigenvalue weighted by Crippen LogP contribution is -2.30. The van der Waals surface area contributed by atoms with Gasteiger partial charge in [-0.1, -0.05) is 48.0 Å². The molecule has 0 unspecified atom stereocenters. The fourth-order valence-electron chi connectivity index (χ4n) is 2.83. The number of hydrogen-bond acceptors (Lipinski definition) is 3. The van der Waals surface area contributed by atoms with Gasteiger partial charge in [-0.2, -0.15) is 0 Å². The second-order valence-electron chi connectivity index (χ2n) is 6.44. The van der Waals surface area contributed by atoms with Gasteiger partial charge in [0.05, 0.1) is 17.1 Å². The topological polar surface area (TPSA) is 66.5 Å². The summed E-state index contributed by atoms with van der Waals surface area (Å²) in [6.45, 7) is 2.17. The van der Waals surface area contributed by atoms with Crippen LogP contribution >= 0.6 is 0 Å². The van der Waals surface area contributed by atoms with Crippen LogP contribution in [0.2, 0.25) is 0 Å². The van der Waals surface area contributed by atoms with Gasteiger partial charge < -0.3 is 5.32 Å². The Hall–Kier alpha value is -3.12. The average molecular weight is 394 g/mol. The zero-order valence-electron chi connectivity index (χ0n) is 15.8. The number of sulfonamides is 1. The molecule has 0 spiro atoms. The van der Waals surface area contributed by atoms with Gasteiger partial charge in [-0.25, -0.2) is 8.42 Å². The Morgan fingerprint density at radius 2 is 1.50 bits per heavy atom. The van der Waals surface area contributed by atoms with Gasteiger partial charge in [-0.3, -0.25) is 9.10 Å². The first kappa shape index (κ1) is 19.6. The zero-order chi connectivity index (χ0) is 20.1. The SMILES string of the molecule is CNC(=O)c1ccc(S(=O)(=O)N(Cc2ccccc2)c2ccc(C)cc2)cc1. The van der Waals surface area contributed by atoms with E-state index in [2.05, 4.69) is 5.32 Å². The summed E-state index contributed by atoms with van der Waals surface area (Å²) in [6.07, 6.45) is 0. The van der Waals surface area contributed by atoms with Crippen LogP contribution in [0.15, 0.2) is 83.8 Å². The summed E-state index contributed by atoms with van der Waals surface area (Å²) in [5.74, 6) is -0.261. The van der Waals surface area contributed by atoms with Gasteiger partial charge in [0.1, 0.15) is 0 Å². The summed E-state index contributed by atoms with van der Waals surface area (Å²) in [4.78, 5) is 11.9. The van der Waals surface area contributed by atoms with E-state index in [1.807, 2.05) is 49.4 Å². The zero-order valence-corrected chi connectivity index (χ0v) is 16.6. The molecule has 0 heterocycles. The molecule has 1 N–H and O–H groups in total. The molecule has 0 saturated carbocycles. The third-order valence-corrected chi connectivity index (χ3v) is 6.21. The quantitative estimate of drug-likeness (QED) is 0.692. The van der Waals surface area contributed by atoms with Crippen molar-refractivity contribution in [2.75, 3.05) is 11.4 Å². The van der Waals surface area contributed by atoms with E-state index in [0.29, 0.717) is 11.3 Å². The lowest BCUT2D eigenvalue weighted by molar-refractivity contribution is 0.0963. The van der Waals surface area contributed by atoms with Crippen LogP contribution in [0.1, 0.15) is 21.5 Å². The summed E-state index contributed by atoms with van der Waals surface area (Å²) < 4.78 is 28.2. The van der Waals surface area contributed by atoms with Crippen LogP contribution in [0.25, 0.3) is 0 Å². The fraction of sp³-hybridized carbons (Fsp3) is 0.136. The summed E-state index contributed by atoms with van der Waals surface area (Å²) in [7, 11) is -2.28. The van der Waals surface area contributed by atoms with Crippen LogP contribution in [0.5, 0.6) is 0 Å². The number of carbonyl (C=O) groups is 1. The number of hydrogen-bond donors (Lipinski definition) is 1. The van der Waals surface area contributed by atoms with Crippen LogP contribution in [0.4, 0.5) is 5.69 Å². The van der Waals surface area contributed by atoms with E-state index < -0.39 is 10.0 Å². The number of amides is 1. The number of aryl methyl sites for hydroxylation is 1. The normalized spacial score (nSPS) is 11.1. The van der Waals surface area contributed by atoms with Crippen molar-refractivity contribution >= 4 is 21.6 Å². The van der Waals surface area contributed by atoms with E-state index in [-0.39, 0.29) is 17.3 Å². The fourth-order valence-corrected chi connectivity index (χ4v) is 4.28. The van der Waals surface area contributed by atoms with Gasteiger partial charge in [-0.05, 0) is 48.9 Å². The van der Waals surface area contributed by atoms with Gasteiger partial charge in [0.25, 0.3) is 15.9 Å². The number of rotatable bonds is 6. The first-order chi connectivity index (χ1) is 13.4. The lowest BCUT2D eigenvalue weighted by atomic mass is 10.2. The summed E-state index contributed by atoms with van der Waals surface area (Å²) in [5, 5.41) is 2.53. The predicted octanol–water partition coefficient (Wildman–Crippen LogP) is 3.75. The van der Waals surface area contributed by atoms with Gasteiger partial charge in [0.15, 0.2) is 0 Å². The minimum absolute atomic E-state index is 0.136. The highest BCUT2D eigenvalue weighted by Gasteiger charge is 2.25. The molecular weight excluding hydrogens is 372 g/mol. The van der Waals surface area contributed by atoms with Crippen molar-refractivity contribution in [1.29, 1.82) is 0 Å². The van der Waals surface area contributed by atoms with Crippen molar-refractivity contribution in [1.82, 2.24) is 5.32 Å². The molecule has 0 aliphatic heterocycles.